The van der Waals surface area contributed by atoms with Crippen LogP contribution >= 0.6 is 0 Å². The molecule has 0 aromatic heterocycles. The molecule has 0 fully saturated rings. The van der Waals surface area contributed by atoms with E-state index in [1.807, 2.05) is 0 Å². The number of methoxy groups -OCH3 is 1. The van der Waals surface area contributed by atoms with Gasteiger partial charge in [0.25, 0.3) is 5.60 Å². The van der Waals surface area contributed by atoms with Gasteiger partial charge < -0.3 is 9.84 Å². The number of rotatable bonds is 8. The highest BCUT2D eigenvalue weighted by molar-refractivity contribution is 5.11. The number of alkyl halides is 6. The van der Waals surface area contributed by atoms with Gasteiger partial charge in [-0.15, -0.1) is 0 Å². The standard InChI is InChI=1S/C13H20F6O2/c1-10(20)8-6-4-3-5-7-9-11(21-2,12(14,15)16)13(17,18)19/h7,9-10,20H,3-6,8H2,1-2H3/i2D3. The molecule has 0 aromatic carbocycles. The quantitative estimate of drug-likeness (QED) is 0.408. The topological polar surface area (TPSA) is 29.5 Å². The van der Waals surface area contributed by atoms with Crippen LogP contribution in [-0.4, -0.2) is 36.2 Å². The molecule has 0 aliphatic rings. The minimum Gasteiger partial charge on any atom is -0.393 e. The Morgan fingerprint density at radius 1 is 1.10 bits per heavy atom. The summed E-state index contributed by atoms with van der Waals surface area (Å²) in [6, 6.07) is 0. The smallest absolute Gasteiger partial charge is 0.393 e. The first-order valence-corrected chi connectivity index (χ1v) is 6.32. The second-order valence-corrected chi connectivity index (χ2v) is 4.72. The highest BCUT2D eigenvalue weighted by Crippen LogP contribution is 2.46. The van der Waals surface area contributed by atoms with Gasteiger partial charge in [-0.25, -0.2) is 0 Å². The molecule has 0 aliphatic carbocycles. The van der Waals surface area contributed by atoms with Crippen molar-refractivity contribution < 1.29 is 40.3 Å². The van der Waals surface area contributed by atoms with Gasteiger partial charge >= 0.3 is 12.4 Å². The predicted octanol–water partition coefficient (Wildman–Crippen LogP) is 4.38. The lowest BCUT2D eigenvalue weighted by Gasteiger charge is -2.33. The Balaban J connectivity index is 5.11. The van der Waals surface area contributed by atoms with Gasteiger partial charge in [0.05, 0.1) is 10.2 Å². The van der Waals surface area contributed by atoms with Crippen LogP contribution in [0.15, 0.2) is 12.2 Å². The molecule has 1 unspecified atom stereocenters. The molecule has 126 valence electrons. The normalized spacial score (nSPS) is 18.4. The summed E-state index contributed by atoms with van der Waals surface area (Å²) in [5, 5.41) is 9.02. The van der Waals surface area contributed by atoms with E-state index >= 15 is 0 Å². The van der Waals surface area contributed by atoms with E-state index in [1.165, 1.54) is 0 Å². The summed E-state index contributed by atoms with van der Waals surface area (Å²) in [4.78, 5) is 0. The first-order chi connectivity index (χ1) is 10.6. The summed E-state index contributed by atoms with van der Waals surface area (Å²) >= 11 is 0. The number of unbranched alkanes of at least 4 members (excludes halogenated alkanes) is 3. The van der Waals surface area contributed by atoms with Crippen molar-refractivity contribution in [3.05, 3.63) is 12.2 Å². The zero-order valence-electron chi connectivity index (χ0n) is 14.4. The van der Waals surface area contributed by atoms with Gasteiger partial charge in [-0.2, -0.15) is 26.3 Å². The van der Waals surface area contributed by atoms with Gasteiger partial charge in [0.15, 0.2) is 0 Å². The molecule has 2 nitrogen and oxygen atoms in total. The van der Waals surface area contributed by atoms with E-state index in [1.54, 1.807) is 6.92 Å². The molecule has 0 heterocycles. The SMILES string of the molecule is [2H]C([2H])([2H])OC(C=CCCCCCC(C)O)(C(F)(F)F)C(F)(F)F. The van der Waals surface area contributed by atoms with Crippen LogP contribution < -0.4 is 0 Å². The number of hydrogen-bond donors (Lipinski definition) is 1. The van der Waals surface area contributed by atoms with Crippen molar-refractivity contribution in [3.63, 3.8) is 0 Å². The molecule has 0 aliphatic heterocycles. The highest BCUT2D eigenvalue weighted by Gasteiger charge is 2.70. The Labute approximate surface area is 124 Å². The molecule has 0 saturated carbocycles. The zero-order chi connectivity index (χ0) is 19.2. The van der Waals surface area contributed by atoms with Crippen LogP contribution in [0.5, 0.6) is 0 Å². The number of aliphatic hydroxyl groups excluding tert-OH is 1. The molecule has 1 atom stereocenters. The minimum atomic E-state index is -5.98. The fraction of sp³-hybridized carbons (Fsp3) is 0.846. The lowest BCUT2D eigenvalue weighted by molar-refractivity contribution is -0.354. The molecular weight excluding hydrogens is 302 g/mol. The van der Waals surface area contributed by atoms with Crippen molar-refractivity contribution in [1.82, 2.24) is 0 Å². The van der Waals surface area contributed by atoms with Crippen molar-refractivity contribution in [2.45, 2.75) is 63.1 Å². The number of ether oxygens (including phenoxy) is 1. The Morgan fingerprint density at radius 3 is 2.10 bits per heavy atom. The van der Waals surface area contributed by atoms with Crippen molar-refractivity contribution in [3.8, 4) is 0 Å². The third kappa shape index (κ3) is 5.86. The number of allylic oxidation sites excluding steroid dienone is 1. The van der Waals surface area contributed by atoms with Crippen LogP contribution in [0.3, 0.4) is 0 Å². The zero-order valence-corrected chi connectivity index (χ0v) is 11.4. The summed E-state index contributed by atoms with van der Waals surface area (Å²) < 4.78 is 101. The van der Waals surface area contributed by atoms with E-state index in [-0.39, 0.29) is 12.5 Å². The van der Waals surface area contributed by atoms with Gasteiger partial charge in [-0.1, -0.05) is 18.9 Å². The first kappa shape index (κ1) is 15.1. The van der Waals surface area contributed by atoms with Crippen LogP contribution in [0, 0.1) is 0 Å². The Bertz CT molecular complexity index is 388. The second-order valence-electron chi connectivity index (χ2n) is 4.72. The number of halogens is 6. The van der Waals surface area contributed by atoms with Gasteiger partial charge in [0, 0.05) is 7.04 Å². The summed E-state index contributed by atoms with van der Waals surface area (Å²) in [5.41, 5.74) is -4.88. The molecule has 0 aromatic rings. The maximum atomic E-state index is 12.9. The molecule has 0 spiro atoms. The summed E-state index contributed by atoms with van der Waals surface area (Å²) in [5.74, 6) is 0. The molecular formula is C13H20F6O2. The second kappa shape index (κ2) is 8.03. The lowest BCUT2D eigenvalue weighted by atomic mass is 10.0. The van der Waals surface area contributed by atoms with E-state index in [9.17, 15) is 26.3 Å². The molecule has 0 rings (SSSR count). The average molecular weight is 325 g/mol. The van der Waals surface area contributed by atoms with Crippen molar-refractivity contribution in [1.29, 1.82) is 0 Å². The van der Waals surface area contributed by atoms with Crippen LogP contribution in [0.1, 0.15) is 43.1 Å². The molecule has 0 amide bonds. The maximum absolute atomic E-state index is 12.9. The number of aliphatic hydroxyl groups is 1. The Hall–Kier alpha value is -0.760. The fourth-order valence-corrected chi connectivity index (χ4v) is 1.63. The lowest BCUT2D eigenvalue weighted by Crippen LogP contribution is -2.56. The maximum Gasteiger partial charge on any atom is 0.430 e. The molecule has 0 radical (unpaired) electrons. The molecule has 21 heavy (non-hydrogen) atoms. The summed E-state index contributed by atoms with van der Waals surface area (Å²) in [6.45, 7) is 1.56. The monoisotopic (exact) mass is 325 g/mol. The van der Waals surface area contributed by atoms with E-state index < -0.39 is 31.1 Å². The fourth-order valence-electron chi connectivity index (χ4n) is 1.63. The molecule has 8 heteroatoms. The largest absolute Gasteiger partial charge is 0.430 e. The van der Waals surface area contributed by atoms with Crippen LogP contribution in [0.25, 0.3) is 0 Å². The summed E-state index contributed by atoms with van der Waals surface area (Å²) in [6.07, 6.45) is -10.4. The van der Waals surface area contributed by atoms with Crippen LogP contribution in [0.2, 0.25) is 0 Å². The van der Waals surface area contributed by atoms with Gasteiger partial charge in [0.2, 0.25) is 0 Å². The van der Waals surface area contributed by atoms with Crippen molar-refractivity contribution >= 4 is 0 Å². The van der Waals surface area contributed by atoms with Crippen molar-refractivity contribution in [2.75, 3.05) is 7.04 Å². The van der Waals surface area contributed by atoms with E-state index in [0.29, 0.717) is 31.8 Å². The summed E-state index contributed by atoms with van der Waals surface area (Å²) in [7, 11) is -3.88. The van der Waals surface area contributed by atoms with E-state index in [4.69, 9.17) is 9.22 Å². The van der Waals surface area contributed by atoms with Crippen LogP contribution in [-0.2, 0) is 4.74 Å². The van der Waals surface area contributed by atoms with Crippen molar-refractivity contribution in [2.24, 2.45) is 0 Å². The van der Waals surface area contributed by atoms with Crippen LogP contribution in [0.4, 0.5) is 26.3 Å². The molecule has 0 bridgehead atoms. The Kier molecular flexibility index (Phi) is 5.79. The minimum absolute atomic E-state index is 0.113. The average Bonchev–Trinajstić information content (AvgIpc) is 2.31. The third-order valence-corrected chi connectivity index (χ3v) is 2.85. The molecule has 0 saturated heterocycles. The number of hydrogen-bond acceptors (Lipinski definition) is 2. The first-order valence-electron chi connectivity index (χ1n) is 7.82. The van der Waals surface area contributed by atoms with Gasteiger partial charge in [-0.3, -0.25) is 0 Å². The van der Waals surface area contributed by atoms with Gasteiger partial charge in [0.1, 0.15) is 0 Å². The third-order valence-electron chi connectivity index (χ3n) is 2.85. The highest BCUT2D eigenvalue weighted by atomic mass is 19.4. The van der Waals surface area contributed by atoms with E-state index in [0.717, 1.165) is 0 Å². The van der Waals surface area contributed by atoms with Gasteiger partial charge in [-0.05, 0) is 32.3 Å². The van der Waals surface area contributed by atoms with E-state index in [2.05, 4.69) is 4.74 Å². The Morgan fingerprint density at radius 2 is 1.67 bits per heavy atom. The predicted molar refractivity (Wildman–Crippen MR) is 65.8 cm³/mol. The molecule has 1 N–H and O–H groups in total.